The summed E-state index contributed by atoms with van der Waals surface area (Å²) >= 11 is 0. The Hall–Kier alpha value is -0.570. The normalized spacial score (nSPS) is 31.9. The number of carboxylic acid groups (broad SMARTS) is 1. The van der Waals surface area contributed by atoms with Gasteiger partial charge in [-0.05, 0) is 30.6 Å². The van der Waals surface area contributed by atoms with E-state index < -0.39 is 5.97 Å². The Labute approximate surface area is 91.8 Å². The molecular formula is C12H21O3-. The predicted molar refractivity (Wildman–Crippen MR) is 56.1 cm³/mol. The number of ether oxygens (including phenoxy) is 1. The van der Waals surface area contributed by atoms with Crippen LogP contribution in [0.3, 0.4) is 0 Å². The third kappa shape index (κ3) is 3.82. The van der Waals surface area contributed by atoms with Crippen LogP contribution in [0, 0.1) is 17.8 Å². The van der Waals surface area contributed by atoms with Gasteiger partial charge in [-0.25, -0.2) is 0 Å². The highest BCUT2D eigenvalue weighted by molar-refractivity contribution is 5.65. The van der Waals surface area contributed by atoms with Crippen LogP contribution in [0.5, 0.6) is 0 Å². The second-order valence-corrected chi connectivity index (χ2v) is 5.05. The number of carboxylic acids is 1. The lowest BCUT2D eigenvalue weighted by atomic mass is 9.75. The molecule has 1 fully saturated rings. The van der Waals surface area contributed by atoms with Gasteiger partial charge in [0.2, 0.25) is 0 Å². The fraction of sp³-hybridized carbons (Fsp3) is 0.917. The van der Waals surface area contributed by atoms with E-state index >= 15 is 0 Å². The van der Waals surface area contributed by atoms with Gasteiger partial charge in [-0.15, -0.1) is 0 Å². The molecule has 1 aliphatic carbocycles. The van der Waals surface area contributed by atoms with Gasteiger partial charge in [0.25, 0.3) is 0 Å². The van der Waals surface area contributed by atoms with Gasteiger partial charge in [0.1, 0.15) is 0 Å². The average Bonchev–Trinajstić information content (AvgIpc) is 2.14. The third-order valence-electron chi connectivity index (χ3n) is 3.38. The first-order valence-electron chi connectivity index (χ1n) is 5.82. The van der Waals surface area contributed by atoms with Crippen LogP contribution < -0.4 is 5.11 Å². The topological polar surface area (TPSA) is 49.4 Å². The first kappa shape index (κ1) is 12.5. The number of aliphatic carboxylic acids is 1. The lowest BCUT2D eigenvalue weighted by molar-refractivity contribution is -0.311. The monoisotopic (exact) mass is 213 g/mol. The summed E-state index contributed by atoms with van der Waals surface area (Å²) in [5, 5.41) is 10.4. The standard InChI is InChI=1S/C12H22O3/c1-8(2)10-5-4-9(3)6-11(10)15-7-12(13)14/h8-11H,4-7H2,1-3H3,(H,13,14)/p-1/t9-,10-,11-/m1/s1. The molecule has 0 amide bonds. The zero-order valence-corrected chi connectivity index (χ0v) is 9.86. The predicted octanol–water partition coefficient (Wildman–Crippen LogP) is 1.21. The van der Waals surface area contributed by atoms with Gasteiger partial charge in [0, 0.05) is 0 Å². The van der Waals surface area contributed by atoms with Crippen LogP contribution in [0.2, 0.25) is 0 Å². The molecule has 3 heteroatoms. The quantitative estimate of drug-likeness (QED) is 0.705. The molecule has 0 aromatic carbocycles. The Morgan fingerprint density at radius 3 is 2.67 bits per heavy atom. The number of carbonyl (C=O) groups is 1. The van der Waals surface area contributed by atoms with Crippen LogP contribution in [0.1, 0.15) is 40.0 Å². The summed E-state index contributed by atoms with van der Waals surface area (Å²) in [4.78, 5) is 10.4. The highest BCUT2D eigenvalue weighted by Crippen LogP contribution is 2.35. The second-order valence-electron chi connectivity index (χ2n) is 5.05. The SMILES string of the molecule is CC(C)[C@H]1CC[C@@H](C)C[C@H]1OCC(=O)[O-]. The molecule has 3 atom stereocenters. The smallest absolute Gasteiger partial charge is 0.0865 e. The Morgan fingerprint density at radius 2 is 2.13 bits per heavy atom. The van der Waals surface area contributed by atoms with Crippen molar-refractivity contribution in [1.29, 1.82) is 0 Å². The molecule has 0 spiro atoms. The summed E-state index contributed by atoms with van der Waals surface area (Å²) in [6, 6.07) is 0. The van der Waals surface area contributed by atoms with Gasteiger partial charge >= 0.3 is 0 Å². The first-order chi connectivity index (χ1) is 7.00. The van der Waals surface area contributed by atoms with Gasteiger partial charge in [0.05, 0.1) is 18.7 Å². The molecule has 15 heavy (non-hydrogen) atoms. The molecule has 0 saturated heterocycles. The van der Waals surface area contributed by atoms with E-state index in [1.165, 1.54) is 6.42 Å². The van der Waals surface area contributed by atoms with Crippen molar-refractivity contribution in [3.8, 4) is 0 Å². The van der Waals surface area contributed by atoms with E-state index in [2.05, 4.69) is 20.8 Å². The van der Waals surface area contributed by atoms with Gasteiger partial charge in [-0.2, -0.15) is 0 Å². The second kappa shape index (κ2) is 5.50. The largest absolute Gasteiger partial charge is 0.548 e. The minimum Gasteiger partial charge on any atom is -0.548 e. The van der Waals surface area contributed by atoms with E-state index in [1.54, 1.807) is 0 Å². The van der Waals surface area contributed by atoms with Crippen LogP contribution in [0.15, 0.2) is 0 Å². The molecule has 0 N–H and O–H groups in total. The Morgan fingerprint density at radius 1 is 1.47 bits per heavy atom. The summed E-state index contributed by atoms with van der Waals surface area (Å²) in [5.41, 5.74) is 0. The van der Waals surface area contributed by atoms with Crippen molar-refractivity contribution in [2.45, 2.75) is 46.1 Å². The molecule has 0 radical (unpaired) electrons. The van der Waals surface area contributed by atoms with Crippen LogP contribution in [0.25, 0.3) is 0 Å². The zero-order valence-electron chi connectivity index (χ0n) is 9.86. The lowest BCUT2D eigenvalue weighted by Crippen LogP contribution is -2.38. The van der Waals surface area contributed by atoms with E-state index in [9.17, 15) is 9.90 Å². The number of hydrogen-bond donors (Lipinski definition) is 0. The van der Waals surface area contributed by atoms with E-state index in [0.29, 0.717) is 17.8 Å². The minimum absolute atomic E-state index is 0.103. The molecule has 3 nitrogen and oxygen atoms in total. The van der Waals surface area contributed by atoms with Crippen molar-refractivity contribution >= 4 is 5.97 Å². The summed E-state index contributed by atoms with van der Waals surface area (Å²) in [6.07, 6.45) is 3.47. The Kier molecular flexibility index (Phi) is 4.58. The van der Waals surface area contributed by atoms with Crippen LogP contribution in [0.4, 0.5) is 0 Å². The van der Waals surface area contributed by atoms with Crippen molar-refractivity contribution in [3.63, 3.8) is 0 Å². The van der Waals surface area contributed by atoms with Gasteiger partial charge in [0.15, 0.2) is 0 Å². The van der Waals surface area contributed by atoms with E-state index in [0.717, 1.165) is 12.8 Å². The van der Waals surface area contributed by atoms with Crippen LogP contribution in [-0.2, 0) is 9.53 Å². The molecule has 0 aromatic rings. The van der Waals surface area contributed by atoms with Crippen molar-refractivity contribution < 1.29 is 14.6 Å². The molecule has 1 saturated carbocycles. The molecule has 1 rings (SSSR count). The zero-order chi connectivity index (χ0) is 11.4. The lowest BCUT2D eigenvalue weighted by Gasteiger charge is -2.37. The molecule has 0 unspecified atom stereocenters. The van der Waals surface area contributed by atoms with Crippen LogP contribution in [-0.4, -0.2) is 18.7 Å². The number of hydrogen-bond acceptors (Lipinski definition) is 3. The number of carbonyl (C=O) groups excluding carboxylic acids is 1. The fourth-order valence-electron chi connectivity index (χ4n) is 2.48. The van der Waals surface area contributed by atoms with Gasteiger partial charge in [-0.3, -0.25) is 0 Å². The van der Waals surface area contributed by atoms with Crippen LogP contribution >= 0.6 is 0 Å². The van der Waals surface area contributed by atoms with Gasteiger partial charge in [-0.1, -0.05) is 27.2 Å². The Bertz CT molecular complexity index is 213. The molecule has 1 aliphatic rings. The molecule has 0 aliphatic heterocycles. The Balaban J connectivity index is 2.50. The minimum atomic E-state index is -1.12. The van der Waals surface area contributed by atoms with Crippen molar-refractivity contribution in [2.75, 3.05) is 6.61 Å². The molecule has 0 aromatic heterocycles. The molecule has 88 valence electrons. The van der Waals surface area contributed by atoms with Crippen molar-refractivity contribution in [3.05, 3.63) is 0 Å². The summed E-state index contributed by atoms with van der Waals surface area (Å²) in [6.45, 7) is 6.29. The van der Waals surface area contributed by atoms with Gasteiger partial charge < -0.3 is 14.6 Å². The maximum absolute atomic E-state index is 10.4. The van der Waals surface area contributed by atoms with Crippen molar-refractivity contribution in [1.82, 2.24) is 0 Å². The first-order valence-corrected chi connectivity index (χ1v) is 5.82. The maximum atomic E-state index is 10.4. The number of rotatable bonds is 4. The molecule has 0 heterocycles. The maximum Gasteiger partial charge on any atom is 0.0865 e. The summed E-state index contributed by atoms with van der Waals surface area (Å²) in [7, 11) is 0. The fourth-order valence-corrected chi connectivity index (χ4v) is 2.48. The highest BCUT2D eigenvalue weighted by Gasteiger charge is 2.31. The highest BCUT2D eigenvalue weighted by atomic mass is 16.5. The van der Waals surface area contributed by atoms with E-state index in [1.807, 2.05) is 0 Å². The van der Waals surface area contributed by atoms with Crippen molar-refractivity contribution in [2.24, 2.45) is 17.8 Å². The van der Waals surface area contributed by atoms with E-state index in [-0.39, 0.29) is 12.7 Å². The summed E-state index contributed by atoms with van der Waals surface area (Å²) < 4.78 is 5.43. The molecule has 0 bridgehead atoms. The average molecular weight is 213 g/mol. The summed E-state index contributed by atoms with van der Waals surface area (Å²) in [5.74, 6) is 0.590. The molecular weight excluding hydrogens is 192 g/mol. The third-order valence-corrected chi connectivity index (χ3v) is 3.38. The van der Waals surface area contributed by atoms with E-state index in [4.69, 9.17) is 4.74 Å².